The van der Waals surface area contributed by atoms with Crippen LogP contribution >= 0.6 is 0 Å². The van der Waals surface area contributed by atoms with Crippen molar-refractivity contribution in [3.63, 3.8) is 0 Å². The number of esters is 1. The molecule has 1 aliphatic heterocycles. The van der Waals surface area contributed by atoms with Crippen molar-refractivity contribution >= 4 is 18.2 Å². The number of aliphatic carboxylic acids is 1. The van der Waals surface area contributed by atoms with E-state index in [1.165, 1.54) is 0 Å². The van der Waals surface area contributed by atoms with E-state index in [2.05, 4.69) is 6.92 Å². The van der Waals surface area contributed by atoms with Crippen LogP contribution in [0.1, 0.15) is 104 Å². The third kappa shape index (κ3) is 12.3. The summed E-state index contributed by atoms with van der Waals surface area (Å²) in [5, 5.41) is 40.1. The Bertz CT molecular complexity index is 612. The molecule has 1 heterocycles. The number of aliphatic hydroxyl groups is 3. The van der Waals surface area contributed by atoms with Crippen molar-refractivity contribution < 1.29 is 44.3 Å². The van der Waals surface area contributed by atoms with Gasteiger partial charge in [0.25, 0.3) is 0 Å². The molecule has 7 atom stereocenters. The lowest BCUT2D eigenvalue weighted by Gasteiger charge is -2.42. The van der Waals surface area contributed by atoms with Crippen LogP contribution in [0.25, 0.3) is 0 Å². The number of aldehydes is 1. The SMILES string of the molecule is CCCCCCCC(CC(=O)O)OC(=O)CC(CCCCCCC=O)[C@H]1O[C@@H](C)[C@H](O)[C@@H](O)[C@H]1O. The lowest BCUT2D eigenvalue weighted by molar-refractivity contribution is -0.231. The fourth-order valence-corrected chi connectivity index (χ4v) is 4.66. The van der Waals surface area contributed by atoms with Crippen molar-refractivity contribution in [3.8, 4) is 0 Å². The minimum atomic E-state index is -1.39. The Hall–Kier alpha value is -1.55. The number of aliphatic hydroxyl groups excluding tert-OH is 3. The Morgan fingerprint density at radius 3 is 2.14 bits per heavy atom. The minimum Gasteiger partial charge on any atom is -0.481 e. The summed E-state index contributed by atoms with van der Waals surface area (Å²) in [6.07, 6.45) is 3.99. The van der Waals surface area contributed by atoms with Gasteiger partial charge in [-0.1, -0.05) is 51.9 Å². The van der Waals surface area contributed by atoms with E-state index >= 15 is 0 Å². The maximum absolute atomic E-state index is 12.8. The van der Waals surface area contributed by atoms with Crippen molar-refractivity contribution in [2.45, 2.75) is 140 Å². The van der Waals surface area contributed by atoms with E-state index in [-0.39, 0.29) is 12.8 Å². The highest BCUT2D eigenvalue weighted by molar-refractivity contribution is 5.71. The molecule has 0 aromatic heterocycles. The standard InChI is InChI=1S/C26H46O9/c1-3-4-5-7-11-14-20(17-21(28)29)35-22(30)16-19(13-10-8-6-9-12-15-27)26-25(33)24(32)23(31)18(2)34-26/h15,18-20,23-26,31-33H,3-14,16-17H2,1-2H3,(H,28,29)/t18-,19?,20?,23-,24+,25+,26+/m0/s1. The number of carbonyl (C=O) groups is 3. The molecule has 1 fully saturated rings. The van der Waals surface area contributed by atoms with Gasteiger partial charge >= 0.3 is 11.9 Å². The highest BCUT2D eigenvalue weighted by atomic mass is 16.5. The van der Waals surface area contributed by atoms with Gasteiger partial charge in [0.05, 0.1) is 25.0 Å². The van der Waals surface area contributed by atoms with E-state index in [0.29, 0.717) is 19.3 Å². The summed E-state index contributed by atoms with van der Waals surface area (Å²) in [6, 6.07) is 0. The highest BCUT2D eigenvalue weighted by Crippen LogP contribution is 2.31. The molecule has 0 amide bonds. The van der Waals surface area contributed by atoms with Crippen LogP contribution in [-0.4, -0.2) is 75.3 Å². The Kier molecular flexibility index (Phi) is 16.0. The van der Waals surface area contributed by atoms with Crippen LogP contribution in [0.2, 0.25) is 0 Å². The minimum absolute atomic E-state index is 0.0858. The monoisotopic (exact) mass is 502 g/mol. The zero-order chi connectivity index (χ0) is 26.2. The van der Waals surface area contributed by atoms with Crippen molar-refractivity contribution in [3.05, 3.63) is 0 Å². The number of rotatable bonds is 19. The zero-order valence-corrected chi connectivity index (χ0v) is 21.3. The summed E-state index contributed by atoms with van der Waals surface area (Å²) >= 11 is 0. The number of hydrogen-bond acceptors (Lipinski definition) is 8. The van der Waals surface area contributed by atoms with Gasteiger partial charge in [0.2, 0.25) is 0 Å². The van der Waals surface area contributed by atoms with Crippen LogP contribution < -0.4 is 0 Å². The Morgan fingerprint density at radius 1 is 0.886 bits per heavy atom. The van der Waals surface area contributed by atoms with Gasteiger partial charge in [-0.05, 0) is 38.5 Å². The molecule has 1 aliphatic rings. The first-order chi connectivity index (χ1) is 16.7. The molecule has 1 saturated heterocycles. The van der Waals surface area contributed by atoms with Crippen molar-refractivity contribution in [2.24, 2.45) is 5.92 Å². The van der Waals surface area contributed by atoms with Gasteiger partial charge < -0.3 is 34.7 Å². The topological polar surface area (TPSA) is 151 Å². The first-order valence-corrected chi connectivity index (χ1v) is 13.3. The maximum atomic E-state index is 12.8. The molecule has 0 bridgehead atoms. The first kappa shape index (κ1) is 31.5. The summed E-state index contributed by atoms with van der Waals surface area (Å²) in [5.41, 5.74) is 0. The molecule has 1 rings (SSSR count). The van der Waals surface area contributed by atoms with E-state index in [9.17, 15) is 34.8 Å². The third-order valence-corrected chi connectivity index (χ3v) is 6.76. The summed E-state index contributed by atoms with van der Waals surface area (Å²) in [5.74, 6) is -2.05. The van der Waals surface area contributed by atoms with Gasteiger partial charge in [-0.3, -0.25) is 9.59 Å². The van der Waals surface area contributed by atoms with Crippen LogP contribution in [0.4, 0.5) is 0 Å². The Balaban J connectivity index is 2.77. The molecule has 0 spiro atoms. The summed E-state index contributed by atoms with van der Waals surface area (Å²) in [7, 11) is 0. The number of hydrogen-bond donors (Lipinski definition) is 4. The van der Waals surface area contributed by atoms with Crippen LogP contribution in [0, 0.1) is 5.92 Å². The quantitative estimate of drug-likeness (QED) is 0.119. The van der Waals surface area contributed by atoms with Crippen LogP contribution in [0.5, 0.6) is 0 Å². The maximum Gasteiger partial charge on any atom is 0.307 e. The van der Waals surface area contributed by atoms with Crippen molar-refractivity contribution in [2.75, 3.05) is 0 Å². The second kappa shape index (κ2) is 17.8. The van der Waals surface area contributed by atoms with E-state index in [4.69, 9.17) is 9.47 Å². The predicted octanol–water partition coefficient (Wildman–Crippen LogP) is 3.15. The molecule has 0 aromatic rings. The number of carboxylic acid groups (broad SMARTS) is 1. The molecule has 0 saturated carbocycles. The smallest absolute Gasteiger partial charge is 0.307 e. The lowest BCUT2D eigenvalue weighted by atomic mass is 9.83. The Morgan fingerprint density at radius 2 is 1.51 bits per heavy atom. The van der Waals surface area contributed by atoms with E-state index in [0.717, 1.165) is 64.1 Å². The molecule has 0 aromatic carbocycles. The third-order valence-electron chi connectivity index (χ3n) is 6.76. The van der Waals surface area contributed by atoms with E-state index < -0.39 is 54.5 Å². The van der Waals surface area contributed by atoms with Gasteiger partial charge in [0.1, 0.15) is 30.7 Å². The van der Waals surface area contributed by atoms with Gasteiger partial charge in [-0.2, -0.15) is 0 Å². The van der Waals surface area contributed by atoms with Gasteiger partial charge in [-0.25, -0.2) is 0 Å². The number of unbranched alkanes of at least 4 members (excludes halogenated alkanes) is 8. The van der Waals surface area contributed by atoms with Gasteiger partial charge in [-0.15, -0.1) is 0 Å². The molecular weight excluding hydrogens is 456 g/mol. The van der Waals surface area contributed by atoms with Crippen molar-refractivity contribution in [1.29, 1.82) is 0 Å². The lowest BCUT2D eigenvalue weighted by Crippen LogP contribution is -2.58. The number of ether oxygens (including phenoxy) is 2. The molecule has 9 heteroatoms. The van der Waals surface area contributed by atoms with Crippen LogP contribution in [0.3, 0.4) is 0 Å². The second-order valence-corrected chi connectivity index (χ2v) is 9.81. The summed E-state index contributed by atoms with van der Waals surface area (Å²) < 4.78 is 11.4. The molecule has 9 nitrogen and oxygen atoms in total. The molecule has 0 aliphatic carbocycles. The zero-order valence-electron chi connectivity index (χ0n) is 21.3. The molecule has 0 radical (unpaired) electrons. The van der Waals surface area contributed by atoms with Gasteiger partial charge in [0, 0.05) is 6.42 Å². The second-order valence-electron chi connectivity index (χ2n) is 9.81. The normalized spacial score (nSPS) is 26.1. The van der Waals surface area contributed by atoms with Gasteiger partial charge in [0.15, 0.2) is 0 Å². The summed E-state index contributed by atoms with van der Waals surface area (Å²) in [4.78, 5) is 34.6. The van der Waals surface area contributed by atoms with E-state index in [1.54, 1.807) is 6.92 Å². The average Bonchev–Trinajstić information content (AvgIpc) is 2.81. The molecule has 2 unspecified atom stereocenters. The Labute approximate surface area is 209 Å². The van der Waals surface area contributed by atoms with Crippen LogP contribution in [-0.2, 0) is 23.9 Å². The highest BCUT2D eigenvalue weighted by Gasteiger charge is 2.45. The predicted molar refractivity (Wildman–Crippen MR) is 130 cm³/mol. The molecular formula is C26H46O9. The molecule has 204 valence electrons. The number of carbonyl (C=O) groups excluding carboxylic acids is 2. The molecule has 4 N–H and O–H groups in total. The first-order valence-electron chi connectivity index (χ1n) is 13.3. The van der Waals surface area contributed by atoms with Crippen molar-refractivity contribution in [1.82, 2.24) is 0 Å². The fourth-order valence-electron chi connectivity index (χ4n) is 4.66. The molecule has 35 heavy (non-hydrogen) atoms. The van der Waals surface area contributed by atoms with E-state index in [1.807, 2.05) is 0 Å². The summed E-state index contributed by atoms with van der Waals surface area (Å²) in [6.45, 7) is 3.72. The number of carboxylic acids is 1. The van der Waals surface area contributed by atoms with Crippen LogP contribution in [0.15, 0.2) is 0 Å². The largest absolute Gasteiger partial charge is 0.481 e. The fraction of sp³-hybridized carbons (Fsp3) is 0.885. The average molecular weight is 503 g/mol.